The molecule has 7 nitrogen and oxygen atoms in total. The van der Waals surface area contributed by atoms with Gasteiger partial charge in [-0.3, -0.25) is 0 Å². The van der Waals surface area contributed by atoms with Crippen molar-refractivity contribution in [2.75, 3.05) is 0 Å². The van der Waals surface area contributed by atoms with E-state index in [9.17, 15) is 4.79 Å². The van der Waals surface area contributed by atoms with Gasteiger partial charge in [0.2, 0.25) is 5.79 Å². The first-order valence-electron chi connectivity index (χ1n) is 11.0. The van der Waals surface area contributed by atoms with E-state index in [1.807, 2.05) is 6.92 Å². The van der Waals surface area contributed by atoms with Gasteiger partial charge in [0.1, 0.15) is 0 Å². The van der Waals surface area contributed by atoms with Crippen molar-refractivity contribution in [1.82, 2.24) is 0 Å². The molecule has 1 aromatic rings. The summed E-state index contributed by atoms with van der Waals surface area (Å²) in [6.07, 6.45) is 3.01. The molecule has 0 unspecified atom stereocenters. The predicted octanol–water partition coefficient (Wildman–Crippen LogP) is 4.11. The summed E-state index contributed by atoms with van der Waals surface area (Å²) >= 11 is 0. The van der Waals surface area contributed by atoms with Gasteiger partial charge in [-0.1, -0.05) is 26.0 Å². The number of fused-ring (bicyclic) bond motifs is 2. The molecule has 5 fully saturated rings. The van der Waals surface area contributed by atoms with Gasteiger partial charge >= 0.3 is 5.97 Å². The second-order valence-electron chi connectivity index (χ2n) is 9.59. The van der Waals surface area contributed by atoms with Crippen molar-refractivity contribution in [3.05, 3.63) is 35.4 Å². The Labute approximate surface area is 176 Å². The number of hydrogen-bond donors (Lipinski definition) is 1. The SMILES string of the molecule is C[C@H]1[C@H](OCc2ccc(C(=O)O)cc2)O[C@@H]2O[C@@]3(C)CC[C@H]4[C@H](C)CC[C@@H]1[C@@]24OO3. The zero-order valence-electron chi connectivity index (χ0n) is 17.7. The summed E-state index contributed by atoms with van der Waals surface area (Å²) in [7, 11) is 0. The smallest absolute Gasteiger partial charge is 0.335 e. The monoisotopic (exact) mass is 418 g/mol. The molecule has 6 rings (SSSR count). The Morgan fingerprint density at radius 2 is 1.90 bits per heavy atom. The van der Waals surface area contributed by atoms with Crippen molar-refractivity contribution in [2.45, 2.75) is 77.0 Å². The van der Waals surface area contributed by atoms with Crippen LogP contribution >= 0.6 is 0 Å². The first kappa shape index (κ1) is 20.4. The van der Waals surface area contributed by atoms with Crippen molar-refractivity contribution >= 4 is 5.97 Å². The van der Waals surface area contributed by atoms with Crippen LogP contribution in [0.5, 0.6) is 0 Å². The number of aromatic carboxylic acids is 1. The van der Waals surface area contributed by atoms with Crippen LogP contribution in [0.1, 0.15) is 62.4 Å². The average Bonchev–Trinajstić information content (AvgIpc) is 2.96. The molecular weight excluding hydrogens is 388 g/mol. The molecule has 164 valence electrons. The molecule has 0 radical (unpaired) electrons. The van der Waals surface area contributed by atoms with E-state index in [1.165, 1.54) is 0 Å². The van der Waals surface area contributed by atoms with E-state index < -0.39 is 29.9 Å². The molecule has 0 amide bonds. The van der Waals surface area contributed by atoms with Gasteiger partial charge < -0.3 is 19.3 Å². The molecule has 30 heavy (non-hydrogen) atoms. The molecule has 1 N–H and O–H groups in total. The predicted molar refractivity (Wildman–Crippen MR) is 105 cm³/mol. The van der Waals surface area contributed by atoms with Gasteiger partial charge in [0.15, 0.2) is 18.2 Å². The van der Waals surface area contributed by atoms with E-state index in [-0.39, 0.29) is 17.4 Å². The van der Waals surface area contributed by atoms with E-state index >= 15 is 0 Å². The molecule has 1 saturated carbocycles. The topological polar surface area (TPSA) is 83.5 Å². The number of benzene rings is 1. The second kappa shape index (κ2) is 7.28. The lowest BCUT2D eigenvalue weighted by Gasteiger charge is -2.60. The maximum absolute atomic E-state index is 11.0. The Balaban J connectivity index is 1.37. The van der Waals surface area contributed by atoms with E-state index in [1.54, 1.807) is 24.3 Å². The first-order valence-corrected chi connectivity index (χ1v) is 11.0. The maximum Gasteiger partial charge on any atom is 0.335 e. The standard InChI is InChI=1S/C23H30O7/c1-13-4-9-18-14(2)20(26-12-15-5-7-16(8-6-15)19(24)25)27-21-23(18)17(13)10-11-22(3,28-21)29-30-23/h5-8,13-14,17-18,20-21H,4,9-12H2,1-3H3,(H,24,25)/t13-,14-,17+,18+,20-,21-,22-,23-/m1/s1. The van der Waals surface area contributed by atoms with Crippen LogP contribution in [0.3, 0.4) is 0 Å². The summed E-state index contributed by atoms with van der Waals surface area (Å²) in [4.78, 5) is 23.0. The Bertz CT molecular complexity index is 810. The number of rotatable bonds is 4. The third kappa shape index (κ3) is 3.10. The van der Waals surface area contributed by atoms with Gasteiger partial charge in [0.05, 0.1) is 12.2 Å². The highest BCUT2D eigenvalue weighted by Gasteiger charge is 2.69. The molecule has 5 aliphatic rings. The lowest BCUT2D eigenvalue weighted by molar-refractivity contribution is -0.577. The fourth-order valence-corrected chi connectivity index (χ4v) is 5.98. The van der Waals surface area contributed by atoms with Gasteiger partial charge in [-0.15, -0.1) is 0 Å². The fourth-order valence-electron chi connectivity index (χ4n) is 5.98. The molecule has 0 aromatic heterocycles. The van der Waals surface area contributed by atoms with Gasteiger partial charge in [-0.2, -0.15) is 0 Å². The summed E-state index contributed by atoms with van der Waals surface area (Å²) in [5, 5.41) is 9.06. The molecule has 8 atom stereocenters. The molecule has 4 aliphatic heterocycles. The summed E-state index contributed by atoms with van der Waals surface area (Å²) in [6, 6.07) is 6.74. The van der Waals surface area contributed by atoms with Crippen LogP contribution in [-0.4, -0.2) is 35.0 Å². The normalized spacial score (nSPS) is 44.9. The van der Waals surface area contributed by atoms with Crippen LogP contribution < -0.4 is 0 Å². The lowest BCUT2D eigenvalue weighted by Crippen LogP contribution is -2.70. The molecule has 7 heteroatoms. The third-order valence-electron chi connectivity index (χ3n) is 7.71. The van der Waals surface area contributed by atoms with E-state index in [4.69, 9.17) is 29.1 Å². The Morgan fingerprint density at radius 1 is 1.13 bits per heavy atom. The summed E-state index contributed by atoms with van der Waals surface area (Å²) in [5.74, 6) is -0.539. The highest BCUT2D eigenvalue weighted by molar-refractivity contribution is 5.87. The van der Waals surface area contributed by atoms with Crippen LogP contribution in [0.2, 0.25) is 0 Å². The molecule has 4 heterocycles. The minimum absolute atomic E-state index is 0.115. The quantitative estimate of drug-likeness (QED) is 0.737. The van der Waals surface area contributed by atoms with Gasteiger partial charge in [0, 0.05) is 18.3 Å². The first-order chi connectivity index (χ1) is 14.3. The number of carbonyl (C=O) groups is 1. The van der Waals surface area contributed by atoms with Gasteiger partial charge in [-0.05, 0) is 55.7 Å². The van der Waals surface area contributed by atoms with Gasteiger partial charge in [-0.25, -0.2) is 14.6 Å². The van der Waals surface area contributed by atoms with Crippen LogP contribution in [-0.2, 0) is 30.6 Å². The van der Waals surface area contributed by atoms with Crippen molar-refractivity contribution in [3.63, 3.8) is 0 Å². The molecule has 1 spiro atoms. The van der Waals surface area contributed by atoms with E-state index in [2.05, 4.69) is 13.8 Å². The number of carboxylic acid groups (broad SMARTS) is 1. The van der Waals surface area contributed by atoms with Crippen molar-refractivity contribution in [1.29, 1.82) is 0 Å². The number of ether oxygens (including phenoxy) is 3. The summed E-state index contributed by atoms with van der Waals surface area (Å²) < 4.78 is 18.9. The van der Waals surface area contributed by atoms with E-state index in [0.717, 1.165) is 31.2 Å². The Morgan fingerprint density at radius 3 is 2.63 bits per heavy atom. The maximum atomic E-state index is 11.0. The van der Waals surface area contributed by atoms with Crippen LogP contribution in [0.15, 0.2) is 24.3 Å². The number of hydrogen-bond acceptors (Lipinski definition) is 6. The molecular formula is C23H30O7. The van der Waals surface area contributed by atoms with Crippen LogP contribution in [0, 0.1) is 23.7 Å². The zero-order valence-corrected chi connectivity index (χ0v) is 17.7. The highest BCUT2D eigenvalue weighted by atomic mass is 17.3. The van der Waals surface area contributed by atoms with E-state index in [0.29, 0.717) is 18.4 Å². The Kier molecular flexibility index (Phi) is 4.95. The number of carboxylic acids is 1. The fraction of sp³-hybridized carbons (Fsp3) is 0.696. The average molecular weight is 418 g/mol. The van der Waals surface area contributed by atoms with Crippen molar-refractivity contribution in [3.8, 4) is 0 Å². The minimum Gasteiger partial charge on any atom is -0.478 e. The zero-order chi connectivity index (χ0) is 21.1. The molecule has 1 aromatic carbocycles. The second-order valence-corrected chi connectivity index (χ2v) is 9.59. The molecule has 1 aliphatic carbocycles. The largest absolute Gasteiger partial charge is 0.478 e. The third-order valence-corrected chi connectivity index (χ3v) is 7.71. The van der Waals surface area contributed by atoms with Crippen LogP contribution in [0.4, 0.5) is 0 Å². The minimum atomic E-state index is -0.936. The molecule has 2 bridgehead atoms. The lowest BCUT2D eigenvalue weighted by atomic mass is 9.58. The van der Waals surface area contributed by atoms with Gasteiger partial charge in [0.25, 0.3) is 0 Å². The summed E-state index contributed by atoms with van der Waals surface area (Å²) in [5.41, 5.74) is 0.579. The van der Waals surface area contributed by atoms with Crippen molar-refractivity contribution in [2.24, 2.45) is 23.7 Å². The molecule has 4 saturated heterocycles. The van der Waals surface area contributed by atoms with Crippen LogP contribution in [0.25, 0.3) is 0 Å². The highest BCUT2D eigenvalue weighted by Crippen LogP contribution is 2.60. The summed E-state index contributed by atoms with van der Waals surface area (Å²) in [6.45, 7) is 6.71. The Hall–Kier alpha value is -1.51. The van der Waals surface area contributed by atoms with Crippen molar-refractivity contribution < 1.29 is 33.9 Å².